The summed E-state index contributed by atoms with van der Waals surface area (Å²) in [6.45, 7) is -0.380. The summed E-state index contributed by atoms with van der Waals surface area (Å²) in [6.07, 6.45) is -0.723. The van der Waals surface area contributed by atoms with Gasteiger partial charge in [0, 0.05) is 12.5 Å². The Morgan fingerprint density at radius 3 is 2.71 bits per heavy atom. The van der Waals surface area contributed by atoms with Gasteiger partial charge in [-0.2, -0.15) is 4.98 Å². The molecule has 1 N–H and O–H groups in total. The second-order valence-corrected chi connectivity index (χ2v) is 5.65. The molecule has 1 fully saturated rings. The number of aliphatic carboxylic acids is 1. The molecule has 0 bridgehead atoms. The minimum absolute atomic E-state index is 0.171. The molecule has 7 heteroatoms. The summed E-state index contributed by atoms with van der Waals surface area (Å²) >= 11 is 0. The number of pyridine rings is 1. The Hall–Kier alpha value is -2.70. The number of aromatic nitrogens is 1. The van der Waals surface area contributed by atoms with Gasteiger partial charge in [0.15, 0.2) is 0 Å². The van der Waals surface area contributed by atoms with Gasteiger partial charge in [-0.05, 0) is 11.6 Å². The van der Waals surface area contributed by atoms with Crippen molar-refractivity contribution in [3.05, 3.63) is 54.1 Å². The van der Waals surface area contributed by atoms with Gasteiger partial charge in [0.1, 0.15) is 18.5 Å². The molecule has 1 aliphatic heterocycles. The monoisotopic (exact) mass is 334 g/mol. The Labute approximate surface area is 137 Å². The van der Waals surface area contributed by atoms with Gasteiger partial charge in [-0.25, -0.2) is 13.6 Å². The van der Waals surface area contributed by atoms with Gasteiger partial charge < -0.3 is 14.7 Å². The van der Waals surface area contributed by atoms with Crippen molar-refractivity contribution in [2.24, 2.45) is 0 Å². The summed E-state index contributed by atoms with van der Waals surface area (Å²) in [7, 11) is 0. The fourth-order valence-electron chi connectivity index (χ4n) is 2.65. The largest absolute Gasteiger partial charge is 0.480 e. The molecule has 2 aromatic rings. The smallest absolute Gasteiger partial charge is 0.326 e. The van der Waals surface area contributed by atoms with Crippen LogP contribution in [0.15, 0.2) is 48.5 Å². The first kappa shape index (κ1) is 16.2. The molecule has 126 valence electrons. The molecule has 1 atom stereocenters. The van der Waals surface area contributed by atoms with Crippen molar-refractivity contribution in [3.8, 4) is 5.88 Å². The average Bonchev–Trinajstić information content (AvgIpc) is 2.90. The molecule has 1 saturated heterocycles. The predicted octanol–water partition coefficient (Wildman–Crippen LogP) is 2.96. The topological polar surface area (TPSA) is 62.7 Å². The molecule has 0 spiro atoms. The summed E-state index contributed by atoms with van der Waals surface area (Å²) in [5.74, 6) is -3.91. The van der Waals surface area contributed by atoms with Crippen LogP contribution in [0.25, 0.3) is 0 Å². The van der Waals surface area contributed by atoms with E-state index in [4.69, 9.17) is 9.84 Å². The molecule has 5 nitrogen and oxygen atoms in total. The van der Waals surface area contributed by atoms with E-state index in [9.17, 15) is 13.6 Å². The minimum Gasteiger partial charge on any atom is -0.480 e. The minimum atomic E-state index is -3.05. The first-order chi connectivity index (χ1) is 11.4. The highest BCUT2D eigenvalue weighted by Crippen LogP contribution is 2.35. The molecule has 24 heavy (non-hydrogen) atoms. The summed E-state index contributed by atoms with van der Waals surface area (Å²) in [5, 5.41) is 9.16. The lowest BCUT2D eigenvalue weighted by Crippen LogP contribution is -2.36. The van der Waals surface area contributed by atoms with Crippen molar-refractivity contribution in [3.63, 3.8) is 0 Å². The third kappa shape index (κ3) is 3.61. The van der Waals surface area contributed by atoms with E-state index in [-0.39, 0.29) is 18.3 Å². The quantitative estimate of drug-likeness (QED) is 0.911. The molecule has 3 rings (SSSR count). The lowest BCUT2D eigenvalue weighted by atomic mass is 10.2. The number of halogens is 2. The number of alkyl halides is 2. The third-order valence-electron chi connectivity index (χ3n) is 3.79. The third-order valence-corrected chi connectivity index (χ3v) is 3.79. The van der Waals surface area contributed by atoms with Crippen LogP contribution < -0.4 is 9.64 Å². The van der Waals surface area contributed by atoms with Crippen molar-refractivity contribution in [1.29, 1.82) is 0 Å². The zero-order valence-electron chi connectivity index (χ0n) is 12.7. The van der Waals surface area contributed by atoms with Gasteiger partial charge in [-0.1, -0.05) is 36.4 Å². The van der Waals surface area contributed by atoms with E-state index in [1.807, 2.05) is 30.3 Å². The van der Waals surface area contributed by atoms with Crippen molar-refractivity contribution in [1.82, 2.24) is 4.98 Å². The summed E-state index contributed by atoms with van der Waals surface area (Å²) in [4.78, 5) is 16.5. The van der Waals surface area contributed by atoms with Crippen molar-refractivity contribution >= 4 is 11.8 Å². The molecular weight excluding hydrogens is 318 g/mol. The normalized spacial score (nSPS) is 19.2. The number of carboxylic acid groups (broad SMARTS) is 1. The van der Waals surface area contributed by atoms with Gasteiger partial charge in [-0.3, -0.25) is 0 Å². The van der Waals surface area contributed by atoms with E-state index in [0.717, 1.165) is 10.5 Å². The van der Waals surface area contributed by atoms with Gasteiger partial charge >= 0.3 is 5.97 Å². The van der Waals surface area contributed by atoms with Gasteiger partial charge in [-0.15, -0.1) is 0 Å². The maximum Gasteiger partial charge on any atom is 0.326 e. The van der Waals surface area contributed by atoms with Crippen LogP contribution in [0.3, 0.4) is 0 Å². The molecule has 1 aromatic heterocycles. The Morgan fingerprint density at radius 1 is 1.25 bits per heavy atom. The molecule has 0 saturated carbocycles. The molecule has 1 aromatic carbocycles. The molecule has 2 heterocycles. The Kier molecular flexibility index (Phi) is 4.33. The second kappa shape index (κ2) is 6.43. The van der Waals surface area contributed by atoms with Crippen LogP contribution in [-0.4, -0.2) is 34.6 Å². The number of hydrogen-bond donors (Lipinski definition) is 1. The van der Waals surface area contributed by atoms with Crippen LogP contribution in [0, 0.1) is 0 Å². The van der Waals surface area contributed by atoms with Crippen LogP contribution >= 0.6 is 0 Å². The number of ether oxygens (including phenoxy) is 1. The summed E-state index contributed by atoms with van der Waals surface area (Å²) < 4.78 is 32.8. The van der Waals surface area contributed by atoms with E-state index < -0.39 is 30.9 Å². The van der Waals surface area contributed by atoms with Crippen LogP contribution in [0.4, 0.5) is 14.6 Å². The van der Waals surface area contributed by atoms with Crippen LogP contribution in [0.2, 0.25) is 0 Å². The number of nitrogens with zero attached hydrogens (tertiary/aromatic N) is 2. The van der Waals surface area contributed by atoms with E-state index in [1.165, 1.54) is 6.07 Å². The molecule has 0 aliphatic carbocycles. The van der Waals surface area contributed by atoms with Crippen LogP contribution in [0.5, 0.6) is 5.88 Å². The van der Waals surface area contributed by atoms with E-state index >= 15 is 0 Å². The Balaban J connectivity index is 1.76. The Morgan fingerprint density at radius 2 is 2.00 bits per heavy atom. The van der Waals surface area contributed by atoms with E-state index in [0.29, 0.717) is 0 Å². The molecule has 0 unspecified atom stereocenters. The fraction of sp³-hybridized carbons (Fsp3) is 0.294. The number of hydrogen-bond acceptors (Lipinski definition) is 4. The Bertz CT molecular complexity index is 725. The van der Waals surface area contributed by atoms with Crippen molar-refractivity contribution in [2.75, 3.05) is 11.4 Å². The predicted molar refractivity (Wildman–Crippen MR) is 83.3 cm³/mol. The maximum atomic E-state index is 13.6. The number of rotatable bonds is 5. The summed E-state index contributed by atoms with van der Waals surface area (Å²) in [6, 6.07) is 12.9. The van der Waals surface area contributed by atoms with Gasteiger partial charge in [0.2, 0.25) is 5.88 Å². The lowest BCUT2D eigenvalue weighted by Gasteiger charge is -2.22. The number of carboxylic acids is 1. The molecule has 1 aliphatic rings. The van der Waals surface area contributed by atoms with E-state index in [2.05, 4.69) is 4.98 Å². The highest BCUT2D eigenvalue weighted by atomic mass is 19.3. The van der Waals surface area contributed by atoms with Crippen LogP contribution in [0.1, 0.15) is 12.0 Å². The van der Waals surface area contributed by atoms with Crippen molar-refractivity contribution in [2.45, 2.75) is 25.0 Å². The number of anilines is 1. The van der Waals surface area contributed by atoms with Crippen LogP contribution in [-0.2, 0) is 11.4 Å². The first-order valence-corrected chi connectivity index (χ1v) is 7.46. The van der Waals surface area contributed by atoms with Gasteiger partial charge in [0.25, 0.3) is 5.92 Å². The molecule has 0 radical (unpaired) electrons. The van der Waals surface area contributed by atoms with Gasteiger partial charge in [0.05, 0.1) is 6.54 Å². The zero-order chi connectivity index (χ0) is 17.2. The summed E-state index contributed by atoms with van der Waals surface area (Å²) in [5.41, 5.74) is 0.945. The average molecular weight is 334 g/mol. The van der Waals surface area contributed by atoms with E-state index in [1.54, 1.807) is 12.1 Å². The standard InChI is InChI=1S/C17H16F2N2O3/c18-17(19)9-13(16(22)23)21(11-17)14-7-4-8-15(20-14)24-10-12-5-2-1-3-6-12/h1-8,13H,9-11H2,(H,22,23)/t13-/m0/s1. The number of carbonyl (C=O) groups is 1. The second-order valence-electron chi connectivity index (χ2n) is 5.65. The maximum absolute atomic E-state index is 13.6. The highest BCUT2D eigenvalue weighted by molar-refractivity contribution is 5.79. The number of benzene rings is 1. The zero-order valence-corrected chi connectivity index (χ0v) is 12.7. The SMILES string of the molecule is O=C(O)[C@@H]1CC(F)(F)CN1c1cccc(OCc2ccccc2)n1. The van der Waals surface area contributed by atoms with Crippen molar-refractivity contribution < 1.29 is 23.4 Å². The lowest BCUT2D eigenvalue weighted by molar-refractivity contribution is -0.139. The highest BCUT2D eigenvalue weighted by Gasteiger charge is 2.48. The molecular formula is C17H16F2N2O3. The fourth-order valence-corrected chi connectivity index (χ4v) is 2.65. The first-order valence-electron chi connectivity index (χ1n) is 7.46. The molecule has 0 amide bonds.